The van der Waals surface area contributed by atoms with E-state index in [1.54, 1.807) is 7.11 Å². The second-order valence-electron chi connectivity index (χ2n) is 5.98. The first kappa shape index (κ1) is 13.8. The number of anilines is 1. The number of nitrogens with one attached hydrogen (secondary N) is 1. The van der Waals surface area contributed by atoms with Gasteiger partial charge in [-0.05, 0) is 50.9 Å². The van der Waals surface area contributed by atoms with Gasteiger partial charge < -0.3 is 10.1 Å². The zero-order valence-corrected chi connectivity index (χ0v) is 12.6. The predicted octanol–water partition coefficient (Wildman–Crippen LogP) is 3.27. The highest BCUT2D eigenvalue weighted by Gasteiger charge is 2.35. The van der Waals surface area contributed by atoms with Crippen LogP contribution in [0.4, 0.5) is 5.82 Å². The Hall–Kier alpha value is -1.16. The van der Waals surface area contributed by atoms with E-state index < -0.39 is 0 Å². The van der Waals surface area contributed by atoms with Gasteiger partial charge in [0, 0.05) is 24.9 Å². The number of aryl methyl sites for hydroxylation is 1. The first-order valence-corrected chi connectivity index (χ1v) is 7.99. The molecule has 1 unspecified atom stereocenters. The van der Waals surface area contributed by atoms with Crippen LogP contribution < -0.4 is 5.32 Å². The first-order valence-electron chi connectivity index (χ1n) is 7.99. The standard InChI is InChI=1S/C16H25N3O/c1-3-10-17-15-12-6-4-5-7-13(12)18-16(19-15)14(20-2)11-8-9-11/h11,14H,3-10H2,1-2H3,(H,17,18,19). The molecule has 0 spiro atoms. The maximum absolute atomic E-state index is 5.66. The molecule has 0 amide bonds. The van der Waals surface area contributed by atoms with Crippen LogP contribution in [0, 0.1) is 5.92 Å². The molecule has 1 aromatic rings. The van der Waals surface area contributed by atoms with E-state index >= 15 is 0 Å². The van der Waals surface area contributed by atoms with Crippen molar-refractivity contribution in [1.29, 1.82) is 0 Å². The highest BCUT2D eigenvalue weighted by Crippen LogP contribution is 2.42. The molecular weight excluding hydrogens is 250 g/mol. The van der Waals surface area contributed by atoms with Crippen molar-refractivity contribution in [3.05, 3.63) is 17.1 Å². The molecule has 0 radical (unpaired) electrons. The van der Waals surface area contributed by atoms with Crippen LogP contribution >= 0.6 is 0 Å². The SMILES string of the molecule is CCCNc1nc(C(OC)C2CC2)nc2c1CCCC2. The van der Waals surface area contributed by atoms with Crippen LogP contribution in [0.1, 0.15) is 62.2 Å². The Balaban J connectivity index is 1.93. The summed E-state index contributed by atoms with van der Waals surface area (Å²) >= 11 is 0. The van der Waals surface area contributed by atoms with Crippen LogP contribution in [0.5, 0.6) is 0 Å². The molecule has 4 heteroatoms. The molecule has 0 aliphatic heterocycles. The minimum atomic E-state index is 0.0874. The molecule has 0 bridgehead atoms. The van der Waals surface area contributed by atoms with Crippen molar-refractivity contribution < 1.29 is 4.74 Å². The molecule has 110 valence electrons. The Labute approximate surface area is 121 Å². The average Bonchev–Trinajstić information content (AvgIpc) is 3.30. The lowest BCUT2D eigenvalue weighted by atomic mass is 9.96. The normalized spacial score (nSPS) is 19.5. The molecule has 2 aliphatic rings. The van der Waals surface area contributed by atoms with Gasteiger partial charge in [0.2, 0.25) is 0 Å². The summed E-state index contributed by atoms with van der Waals surface area (Å²) in [6.07, 6.45) is 8.40. The fourth-order valence-electron chi connectivity index (χ4n) is 3.04. The average molecular weight is 275 g/mol. The zero-order chi connectivity index (χ0) is 13.9. The van der Waals surface area contributed by atoms with E-state index in [9.17, 15) is 0 Å². The molecule has 4 nitrogen and oxygen atoms in total. The molecule has 0 aromatic carbocycles. The van der Waals surface area contributed by atoms with Gasteiger partial charge in [-0.15, -0.1) is 0 Å². The van der Waals surface area contributed by atoms with Gasteiger partial charge in [-0.25, -0.2) is 9.97 Å². The fraction of sp³-hybridized carbons (Fsp3) is 0.750. The summed E-state index contributed by atoms with van der Waals surface area (Å²) in [5, 5.41) is 3.49. The summed E-state index contributed by atoms with van der Waals surface area (Å²) in [6.45, 7) is 3.16. The monoisotopic (exact) mass is 275 g/mol. The van der Waals surface area contributed by atoms with Crippen molar-refractivity contribution in [2.75, 3.05) is 19.0 Å². The van der Waals surface area contributed by atoms with Gasteiger partial charge in [0.1, 0.15) is 11.9 Å². The number of nitrogens with zero attached hydrogens (tertiary/aromatic N) is 2. The second-order valence-corrected chi connectivity index (χ2v) is 5.98. The molecule has 1 aromatic heterocycles. The van der Waals surface area contributed by atoms with Gasteiger partial charge in [-0.1, -0.05) is 6.92 Å². The molecule has 1 fully saturated rings. The van der Waals surface area contributed by atoms with Gasteiger partial charge in [0.15, 0.2) is 5.82 Å². The Bertz CT molecular complexity index is 471. The quantitative estimate of drug-likeness (QED) is 0.865. The van der Waals surface area contributed by atoms with Gasteiger partial charge in [-0.3, -0.25) is 0 Å². The van der Waals surface area contributed by atoms with E-state index in [4.69, 9.17) is 14.7 Å². The third-order valence-electron chi connectivity index (χ3n) is 4.30. The van der Waals surface area contributed by atoms with Gasteiger partial charge >= 0.3 is 0 Å². The van der Waals surface area contributed by atoms with E-state index in [2.05, 4.69) is 12.2 Å². The summed E-state index contributed by atoms with van der Waals surface area (Å²) < 4.78 is 5.66. The zero-order valence-electron chi connectivity index (χ0n) is 12.6. The van der Waals surface area contributed by atoms with Crippen LogP contribution in [0.25, 0.3) is 0 Å². The summed E-state index contributed by atoms with van der Waals surface area (Å²) in [5.41, 5.74) is 2.60. The van der Waals surface area contributed by atoms with Gasteiger partial charge in [-0.2, -0.15) is 0 Å². The molecule has 1 N–H and O–H groups in total. The molecule has 20 heavy (non-hydrogen) atoms. The van der Waals surface area contributed by atoms with Crippen molar-refractivity contribution in [3.8, 4) is 0 Å². The van der Waals surface area contributed by atoms with E-state index in [1.165, 1.54) is 36.9 Å². The predicted molar refractivity (Wildman–Crippen MR) is 79.9 cm³/mol. The van der Waals surface area contributed by atoms with E-state index in [0.717, 1.165) is 37.4 Å². The van der Waals surface area contributed by atoms with Crippen LogP contribution in [-0.4, -0.2) is 23.6 Å². The summed E-state index contributed by atoms with van der Waals surface area (Å²) in [5.74, 6) is 2.59. The third kappa shape index (κ3) is 2.80. The summed E-state index contributed by atoms with van der Waals surface area (Å²) in [6, 6.07) is 0. The molecule has 1 heterocycles. The number of hydrogen-bond donors (Lipinski definition) is 1. The smallest absolute Gasteiger partial charge is 0.160 e. The number of ether oxygens (including phenoxy) is 1. The molecule has 0 saturated heterocycles. The maximum Gasteiger partial charge on any atom is 0.160 e. The van der Waals surface area contributed by atoms with E-state index in [-0.39, 0.29) is 6.10 Å². The third-order valence-corrected chi connectivity index (χ3v) is 4.30. The first-order chi connectivity index (χ1) is 9.83. The molecule has 2 aliphatic carbocycles. The molecular formula is C16H25N3O. The lowest BCUT2D eigenvalue weighted by molar-refractivity contribution is 0.0770. The Morgan fingerprint density at radius 2 is 2.05 bits per heavy atom. The Kier molecular flexibility index (Phi) is 4.20. The Morgan fingerprint density at radius 3 is 2.75 bits per heavy atom. The summed E-state index contributed by atoms with van der Waals surface area (Å²) in [7, 11) is 1.78. The highest BCUT2D eigenvalue weighted by molar-refractivity contribution is 5.48. The highest BCUT2D eigenvalue weighted by atomic mass is 16.5. The second kappa shape index (κ2) is 6.08. The topological polar surface area (TPSA) is 47.0 Å². The number of hydrogen-bond acceptors (Lipinski definition) is 4. The van der Waals surface area contributed by atoms with Crippen LogP contribution in [0.15, 0.2) is 0 Å². The molecule has 3 rings (SSSR count). The fourth-order valence-corrected chi connectivity index (χ4v) is 3.04. The molecule has 1 saturated carbocycles. The van der Waals surface area contributed by atoms with Crippen molar-refractivity contribution in [2.24, 2.45) is 5.92 Å². The van der Waals surface area contributed by atoms with Crippen molar-refractivity contribution in [1.82, 2.24) is 9.97 Å². The summed E-state index contributed by atoms with van der Waals surface area (Å²) in [4.78, 5) is 9.65. The molecule has 1 atom stereocenters. The van der Waals surface area contributed by atoms with Crippen molar-refractivity contribution in [3.63, 3.8) is 0 Å². The van der Waals surface area contributed by atoms with Gasteiger partial charge in [0.25, 0.3) is 0 Å². The number of methoxy groups -OCH3 is 1. The van der Waals surface area contributed by atoms with Crippen molar-refractivity contribution in [2.45, 2.75) is 58.0 Å². The number of fused-ring (bicyclic) bond motifs is 1. The van der Waals surface area contributed by atoms with E-state index in [1.807, 2.05) is 0 Å². The lowest BCUT2D eigenvalue weighted by Gasteiger charge is -2.22. The minimum Gasteiger partial charge on any atom is -0.373 e. The van der Waals surface area contributed by atoms with Crippen molar-refractivity contribution >= 4 is 5.82 Å². The van der Waals surface area contributed by atoms with E-state index in [0.29, 0.717) is 5.92 Å². The number of rotatable bonds is 6. The van der Waals surface area contributed by atoms with Crippen LogP contribution in [-0.2, 0) is 17.6 Å². The maximum atomic E-state index is 5.66. The van der Waals surface area contributed by atoms with Crippen LogP contribution in [0.2, 0.25) is 0 Å². The number of aromatic nitrogens is 2. The van der Waals surface area contributed by atoms with Crippen LogP contribution in [0.3, 0.4) is 0 Å². The lowest BCUT2D eigenvalue weighted by Crippen LogP contribution is -2.18. The minimum absolute atomic E-state index is 0.0874. The largest absolute Gasteiger partial charge is 0.373 e. The van der Waals surface area contributed by atoms with Gasteiger partial charge in [0.05, 0.1) is 0 Å². The Morgan fingerprint density at radius 1 is 1.25 bits per heavy atom.